The predicted octanol–water partition coefficient (Wildman–Crippen LogP) is -1.17. The molecule has 0 rings (SSSR count). The molecule has 0 radical (unpaired) electrons. The molecule has 3 N–H and O–H groups in total. The fourth-order valence-corrected chi connectivity index (χ4v) is 0.904. The summed E-state index contributed by atoms with van der Waals surface area (Å²) < 4.78 is 4.26. The molecule has 0 saturated heterocycles. The number of rotatable bonds is 7. The number of ether oxygens (including phenoxy) is 1. The molecule has 6 nitrogen and oxygen atoms in total. The summed E-state index contributed by atoms with van der Waals surface area (Å²) in [5.74, 6) is -0.157. The smallest absolute Gasteiger partial charge is 0.305 e. The molecule has 0 aliphatic heterocycles. The van der Waals surface area contributed by atoms with Crippen molar-refractivity contribution in [1.82, 2.24) is 4.90 Å². The Morgan fingerprint density at radius 2 is 1.44 bits per heavy atom. The van der Waals surface area contributed by atoms with Crippen molar-refractivity contribution in [2.75, 3.05) is 46.6 Å². The van der Waals surface area contributed by atoms with Crippen LogP contribution < -0.4 is 0 Å². The normalized spacial score (nSPS) is 9.62. The molecule has 16 heavy (non-hydrogen) atoms. The molecule has 0 saturated carbocycles. The Balaban J connectivity index is 0. The lowest BCUT2D eigenvalue weighted by molar-refractivity contribution is -0.140. The molecular weight excluding hydrogens is 214 g/mol. The SMILES string of the molecule is CCC(=O)OC.OCCN(CCO)CCO. The highest BCUT2D eigenvalue weighted by molar-refractivity contribution is 5.68. The zero-order valence-corrected chi connectivity index (χ0v) is 10.1. The van der Waals surface area contributed by atoms with E-state index in [-0.39, 0.29) is 25.8 Å². The van der Waals surface area contributed by atoms with Gasteiger partial charge in [0.25, 0.3) is 0 Å². The molecule has 0 unspecified atom stereocenters. The first-order valence-electron chi connectivity index (χ1n) is 5.27. The van der Waals surface area contributed by atoms with Crippen molar-refractivity contribution in [3.8, 4) is 0 Å². The van der Waals surface area contributed by atoms with E-state index in [1.54, 1.807) is 11.8 Å². The van der Waals surface area contributed by atoms with E-state index in [9.17, 15) is 4.79 Å². The third-order valence-electron chi connectivity index (χ3n) is 1.77. The van der Waals surface area contributed by atoms with Crippen LogP contribution in [-0.4, -0.2) is 72.8 Å². The van der Waals surface area contributed by atoms with E-state index >= 15 is 0 Å². The highest BCUT2D eigenvalue weighted by Gasteiger charge is 2.00. The second-order valence-corrected chi connectivity index (χ2v) is 2.94. The fraction of sp³-hybridized carbons (Fsp3) is 0.900. The van der Waals surface area contributed by atoms with Crippen LogP contribution in [0.3, 0.4) is 0 Å². The van der Waals surface area contributed by atoms with Crippen molar-refractivity contribution < 1.29 is 24.9 Å². The monoisotopic (exact) mass is 237 g/mol. The molecule has 0 aliphatic rings. The second-order valence-electron chi connectivity index (χ2n) is 2.94. The number of carbonyl (C=O) groups excluding carboxylic acids is 1. The highest BCUT2D eigenvalue weighted by Crippen LogP contribution is 1.84. The lowest BCUT2D eigenvalue weighted by atomic mass is 10.4. The summed E-state index contributed by atoms with van der Waals surface area (Å²) in [6, 6.07) is 0. The maximum absolute atomic E-state index is 9.96. The van der Waals surface area contributed by atoms with Crippen molar-refractivity contribution in [2.24, 2.45) is 0 Å². The van der Waals surface area contributed by atoms with E-state index in [2.05, 4.69) is 4.74 Å². The molecule has 0 aromatic heterocycles. The van der Waals surface area contributed by atoms with Gasteiger partial charge in [-0.3, -0.25) is 9.69 Å². The Bertz CT molecular complexity index is 134. The Kier molecular flexibility index (Phi) is 15.8. The van der Waals surface area contributed by atoms with Crippen LogP contribution in [-0.2, 0) is 9.53 Å². The second kappa shape index (κ2) is 14.3. The van der Waals surface area contributed by atoms with Gasteiger partial charge in [-0.2, -0.15) is 0 Å². The summed E-state index contributed by atoms with van der Waals surface area (Å²) in [6.45, 7) is 3.51. The number of hydrogen-bond acceptors (Lipinski definition) is 6. The van der Waals surface area contributed by atoms with Crippen LogP contribution in [0.25, 0.3) is 0 Å². The largest absolute Gasteiger partial charge is 0.469 e. The molecule has 0 aromatic carbocycles. The fourth-order valence-electron chi connectivity index (χ4n) is 0.904. The zero-order valence-electron chi connectivity index (χ0n) is 10.1. The van der Waals surface area contributed by atoms with E-state index in [4.69, 9.17) is 15.3 Å². The number of hydrogen-bond donors (Lipinski definition) is 3. The van der Waals surface area contributed by atoms with Crippen LogP contribution in [0.15, 0.2) is 0 Å². The van der Waals surface area contributed by atoms with Gasteiger partial charge in [0.05, 0.1) is 26.9 Å². The molecule has 0 heterocycles. The van der Waals surface area contributed by atoms with Crippen LogP contribution in [0, 0.1) is 0 Å². The van der Waals surface area contributed by atoms with Crippen molar-refractivity contribution in [3.63, 3.8) is 0 Å². The summed E-state index contributed by atoms with van der Waals surface area (Å²) in [6.07, 6.45) is 0.469. The van der Waals surface area contributed by atoms with Gasteiger partial charge in [0.1, 0.15) is 0 Å². The summed E-state index contributed by atoms with van der Waals surface area (Å²) in [5.41, 5.74) is 0. The molecule has 0 aromatic rings. The van der Waals surface area contributed by atoms with Gasteiger partial charge in [0, 0.05) is 26.1 Å². The van der Waals surface area contributed by atoms with Crippen LogP contribution >= 0.6 is 0 Å². The zero-order chi connectivity index (χ0) is 12.8. The first-order chi connectivity index (χ1) is 7.65. The Morgan fingerprint density at radius 1 is 1.06 bits per heavy atom. The maximum atomic E-state index is 9.96. The van der Waals surface area contributed by atoms with Gasteiger partial charge < -0.3 is 20.1 Å². The lowest BCUT2D eigenvalue weighted by Crippen LogP contribution is -2.32. The van der Waals surface area contributed by atoms with Crippen LogP contribution in [0.5, 0.6) is 0 Å². The Labute approximate surface area is 96.4 Å². The molecule has 0 spiro atoms. The number of carbonyl (C=O) groups is 1. The predicted molar refractivity (Wildman–Crippen MR) is 60.0 cm³/mol. The van der Waals surface area contributed by atoms with Gasteiger partial charge in [-0.1, -0.05) is 6.92 Å². The molecule has 0 amide bonds. The average Bonchev–Trinajstić information content (AvgIpc) is 2.30. The Morgan fingerprint density at radius 3 is 1.56 bits per heavy atom. The number of esters is 1. The number of aliphatic hydroxyl groups is 3. The van der Waals surface area contributed by atoms with Gasteiger partial charge >= 0.3 is 5.97 Å². The molecule has 98 valence electrons. The molecular formula is C10H23NO5. The van der Waals surface area contributed by atoms with Crippen molar-refractivity contribution in [2.45, 2.75) is 13.3 Å². The first kappa shape index (κ1) is 17.7. The van der Waals surface area contributed by atoms with Gasteiger partial charge in [0.2, 0.25) is 0 Å². The number of nitrogens with zero attached hydrogens (tertiary/aromatic N) is 1. The topological polar surface area (TPSA) is 90.2 Å². The summed E-state index contributed by atoms with van der Waals surface area (Å²) >= 11 is 0. The molecule has 6 heteroatoms. The molecule has 0 bridgehead atoms. The van der Waals surface area contributed by atoms with Crippen LogP contribution in [0.1, 0.15) is 13.3 Å². The summed E-state index contributed by atoms with van der Waals surface area (Å²) in [4.78, 5) is 11.8. The minimum absolute atomic E-state index is 0.0694. The first-order valence-corrected chi connectivity index (χ1v) is 5.27. The van der Waals surface area contributed by atoms with E-state index in [1.807, 2.05) is 0 Å². The lowest BCUT2D eigenvalue weighted by Gasteiger charge is -2.17. The van der Waals surface area contributed by atoms with Gasteiger partial charge in [0.15, 0.2) is 0 Å². The maximum Gasteiger partial charge on any atom is 0.305 e. The minimum Gasteiger partial charge on any atom is -0.469 e. The van der Waals surface area contributed by atoms with E-state index < -0.39 is 0 Å². The summed E-state index contributed by atoms with van der Waals surface area (Å²) in [7, 11) is 1.38. The average molecular weight is 237 g/mol. The quantitative estimate of drug-likeness (QED) is 0.484. The van der Waals surface area contributed by atoms with Gasteiger partial charge in [-0.05, 0) is 0 Å². The van der Waals surface area contributed by atoms with Crippen molar-refractivity contribution >= 4 is 5.97 Å². The standard InChI is InChI=1S/C6H15NO3.C4H8O2/c8-4-1-7(2-5-9)3-6-10;1-3-4(5)6-2/h8-10H,1-6H2;3H2,1-2H3. The van der Waals surface area contributed by atoms with E-state index in [0.29, 0.717) is 26.1 Å². The molecule has 0 atom stereocenters. The minimum atomic E-state index is -0.157. The van der Waals surface area contributed by atoms with Crippen molar-refractivity contribution in [3.05, 3.63) is 0 Å². The van der Waals surface area contributed by atoms with E-state index in [0.717, 1.165) is 0 Å². The third-order valence-corrected chi connectivity index (χ3v) is 1.77. The molecule has 0 aliphatic carbocycles. The van der Waals surface area contributed by atoms with Crippen LogP contribution in [0.4, 0.5) is 0 Å². The summed E-state index contributed by atoms with van der Waals surface area (Å²) in [5, 5.41) is 25.5. The highest BCUT2D eigenvalue weighted by atomic mass is 16.5. The molecule has 0 fully saturated rings. The van der Waals surface area contributed by atoms with Crippen molar-refractivity contribution in [1.29, 1.82) is 0 Å². The van der Waals surface area contributed by atoms with Gasteiger partial charge in [-0.15, -0.1) is 0 Å². The third kappa shape index (κ3) is 13.3. The number of aliphatic hydroxyl groups excluding tert-OH is 3. The van der Waals surface area contributed by atoms with Gasteiger partial charge in [-0.25, -0.2) is 0 Å². The van der Waals surface area contributed by atoms with E-state index in [1.165, 1.54) is 7.11 Å². The van der Waals surface area contributed by atoms with Crippen LogP contribution in [0.2, 0.25) is 0 Å². The Hall–Kier alpha value is -0.690. The number of methoxy groups -OCH3 is 1.